The lowest BCUT2D eigenvalue weighted by Crippen LogP contribution is -2.42. The van der Waals surface area contributed by atoms with Gasteiger partial charge in [-0.2, -0.15) is 5.10 Å². The molecule has 2 aliphatic rings. The van der Waals surface area contributed by atoms with Crippen molar-refractivity contribution in [2.24, 2.45) is 5.10 Å². The number of nitrogens with zero attached hydrogens (tertiary/aromatic N) is 2. The lowest BCUT2D eigenvalue weighted by Gasteiger charge is -2.24. The van der Waals surface area contributed by atoms with E-state index in [2.05, 4.69) is 26.5 Å². The quantitative estimate of drug-likeness (QED) is 0.724. The number of ether oxygens (including phenoxy) is 1. The summed E-state index contributed by atoms with van der Waals surface area (Å²) < 4.78 is 5.72. The maximum atomic E-state index is 12.0. The van der Waals surface area contributed by atoms with Crippen molar-refractivity contribution < 1.29 is 14.3 Å². The molecule has 1 unspecified atom stereocenters. The molecule has 2 rings (SSSR count). The van der Waals surface area contributed by atoms with Gasteiger partial charge >= 0.3 is 5.97 Å². The minimum Gasteiger partial charge on any atom is -0.436 e. The SMILES string of the molecule is CC(=O)OC1C(Br)=C(C)C(=O)N1C1=NNCC1. The zero-order valence-corrected chi connectivity index (χ0v) is 11.1. The predicted octanol–water partition coefficient (Wildman–Crippen LogP) is 0.694. The van der Waals surface area contributed by atoms with E-state index < -0.39 is 12.2 Å². The number of esters is 1. The Morgan fingerprint density at radius 2 is 2.35 bits per heavy atom. The van der Waals surface area contributed by atoms with Crippen LogP contribution in [0.5, 0.6) is 0 Å². The van der Waals surface area contributed by atoms with E-state index in [9.17, 15) is 9.59 Å². The number of amidine groups is 1. The Morgan fingerprint density at radius 1 is 1.65 bits per heavy atom. The van der Waals surface area contributed by atoms with E-state index in [1.807, 2.05) is 0 Å². The topological polar surface area (TPSA) is 71.0 Å². The molecular formula is C10H12BrN3O3. The molecule has 6 nitrogen and oxygen atoms in total. The number of carbonyl (C=O) groups excluding carboxylic acids is 2. The molecule has 0 aromatic heterocycles. The van der Waals surface area contributed by atoms with Crippen molar-refractivity contribution in [3.05, 3.63) is 10.1 Å². The minimum atomic E-state index is -0.723. The number of rotatable bonds is 1. The Labute approximate surface area is 107 Å². The van der Waals surface area contributed by atoms with E-state index >= 15 is 0 Å². The highest BCUT2D eigenvalue weighted by Gasteiger charge is 2.41. The summed E-state index contributed by atoms with van der Waals surface area (Å²) in [7, 11) is 0. The lowest BCUT2D eigenvalue weighted by atomic mass is 10.3. The van der Waals surface area contributed by atoms with Gasteiger partial charge < -0.3 is 10.2 Å². The fraction of sp³-hybridized carbons (Fsp3) is 0.500. The van der Waals surface area contributed by atoms with Crippen molar-refractivity contribution >= 4 is 33.6 Å². The van der Waals surface area contributed by atoms with Gasteiger partial charge in [0.1, 0.15) is 5.84 Å². The second-order valence-electron chi connectivity index (χ2n) is 3.80. The normalized spacial score (nSPS) is 23.9. The fourth-order valence-corrected chi connectivity index (χ4v) is 2.21. The van der Waals surface area contributed by atoms with Crippen molar-refractivity contribution in [3.63, 3.8) is 0 Å². The molecule has 1 N–H and O–H groups in total. The van der Waals surface area contributed by atoms with Crippen molar-refractivity contribution in [3.8, 4) is 0 Å². The van der Waals surface area contributed by atoms with Crippen LogP contribution < -0.4 is 5.43 Å². The summed E-state index contributed by atoms with van der Waals surface area (Å²) >= 11 is 3.29. The van der Waals surface area contributed by atoms with Crippen LogP contribution in [0.4, 0.5) is 0 Å². The molecule has 7 heteroatoms. The summed E-state index contributed by atoms with van der Waals surface area (Å²) in [6.07, 6.45) is -0.0875. The van der Waals surface area contributed by atoms with Crippen LogP contribution >= 0.6 is 15.9 Å². The standard InChI is InChI=1S/C10H12BrN3O3/c1-5-8(11)10(17-6(2)15)14(9(5)16)7-3-4-12-13-7/h10,12H,3-4H2,1-2H3. The molecule has 1 atom stereocenters. The molecule has 0 bridgehead atoms. The Balaban J connectivity index is 2.30. The highest BCUT2D eigenvalue weighted by molar-refractivity contribution is 9.11. The monoisotopic (exact) mass is 301 g/mol. The highest BCUT2D eigenvalue weighted by Crippen LogP contribution is 2.32. The van der Waals surface area contributed by atoms with Gasteiger partial charge in [0, 0.05) is 25.5 Å². The summed E-state index contributed by atoms with van der Waals surface area (Å²) in [5, 5.41) is 4.03. The van der Waals surface area contributed by atoms with Gasteiger partial charge in [-0.25, -0.2) is 0 Å². The summed E-state index contributed by atoms with van der Waals surface area (Å²) in [5.74, 6) is -0.0355. The van der Waals surface area contributed by atoms with Crippen LogP contribution in [0.2, 0.25) is 0 Å². The summed E-state index contributed by atoms with van der Waals surface area (Å²) in [4.78, 5) is 24.5. The maximum absolute atomic E-state index is 12.0. The van der Waals surface area contributed by atoms with Gasteiger partial charge in [0.05, 0.1) is 4.48 Å². The number of amides is 1. The van der Waals surface area contributed by atoms with Gasteiger partial charge in [0.15, 0.2) is 0 Å². The smallest absolute Gasteiger partial charge is 0.304 e. The third kappa shape index (κ3) is 2.06. The Bertz CT molecular complexity index is 444. The summed E-state index contributed by atoms with van der Waals surface area (Å²) in [5.41, 5.74) is 3.33. The molecule has 2 heterocycles. The number of hydrogen-bond donors (Lipinski definition) is 1. The van der Waals surface area contributed by atoms with Gasteiger partial charge in [0.2, 0.25) is 6.23 Å². The van der Waals surface area contributed by atoms with Crippen LogP contribution in [0.3, 0.4) is 0 Å². The molecule has 0 fully saturated rings. The first-order valence-electron chi connectivity index (χ1n) is 5.19. The maximum Gasteiger partial charge on any atom is 0.304 e. The van der Waals surface area contributed by atoms with Crippen LogP contribution in [-0.2, 0) is 14.3 Å². The number of hydrazone groups is 1. The molecule has 17 heavy (non-hydrogen) atoms. The van der Waals surface area contributed by atoms with Gasteiger partial charge in [-0.05, 0) is 22.9 Å². The van der Waals surface area contributed by atoms with E-state index in [1.165, 1.54) is 11.8 Å². The molecule has 0 saturated carbocycles. The second kappa shape index (κ2) is 4.48. The molecule has 0 saturated heterocycles. The predicted molar refractivity (Wildman–Crippen MR) is 64.1 cm³/mol. The van der Waals surface area contributed by atoms with Crippen molar-refractivity contribution in [2.75, 3.05) is 6.54 Å². The lowest BCUT2D eigenvalue weighted by molar-refractivity contribution is -0.151. The van der Waals surface area contributed by atoms with Crippen LogP contribution in [0.15, 0.2) is 15.2 Å². The first kappa shape index (κ1) is 12.1. The van der Waals surface area contributed by atoms with Gasteiger partial charge in [-0.15, -0.1) is 0 Å². The Kier molecular flexibility index (Phi) is 3.19. The zero-order chi connectivity index (χ0) is 12.6. The number of hydrogen-bond acceptors (Lipinski definition) is 5. The van der Waals surface area contributed by atoms with E-state index in [-0.39, 0.29) is 5.91 Å². The van der Waals surface area contributed by atoms with E-state index in [0.29, 0.717) is 28.9 Å². The number of halogens is 1. The molecule has 92 valence electrons. The Morgan fingerprint density at radius 3 is 2.88 bits per heavy atom. The van der Waals surface area contributed by atoms with Crippen LogP contribution in [0, 0.1) is 0 Å². The second-order valence-corrected chi connectivity index (χ2v) is 4.65. The molecule has 0 radical (unpaired) electrons. The molecule has 0 aliphatic carbocycles. The summed E-state index contributed by atoms with van der Waals surface area (Å²) in [6, 6.07) is 0. The average Bonchev–Trinajstić information content (AvgIpc) is 2.84. The molecular weight excluding hydrogens is 290 g/mol. The third-order valence-electron chi connectivity index (χ3n) is 2.57. The Hall–Kier alpha value is -1.37. The van der Waals surface area contributed by atoms with Gasteiger partial charge in [-0.1, -0.05) is 0 Å². The van der Waals surface area contributed by atoms with Crippen molar-refractivity contribution in [1.82, 2.24) is 10.3 Å². The molecule has 1 amide bonds. The molecule has 2 aliphatic heterocycles. The molecule has 0 spiro atoms. The number of carbonyl (C=O) groups is 2. The highest BCUT2D eigenvalue weighted by atomic mass is 79.9. The van der Waals surface area contributed by atoms with E-state index in [1.54, 1.807) is 6.92 Å². The number of nitrogens with one attached hydrogen (secondary N) is 1. The largest absolute Gasteiger partial charge is 0.436 e. The minimum absolute atomic E-state index is 0.189. The molecule has 0 aromatic carbocycles. The first-order valence-corrected chi connectivity index (χ1v) is 5.98. The van der Waals surface area contributed by atoms with Gasteiger partial charge in [-0.3, -0.25) is 14.5 Å². The van der Waals surface area contributed by atoms with Crippen LogP contribution in [-0.4, -0.2) is 35.4 Å². The summed E-state index contributed by atoms with van der Waals surface area (Å²) in [6.45, 7) is 3.68. The first-order chi connectivity index (χ1) is 8.02. The molecule has 0 aromatic rings. The third-order valence-corrected chi connectivity index (χ3v) is 3.56. The zero-order valence-electron chi connectivity index (χ0n) is 9.49. The van der Waals surface area contributed by atoms with Crippen LogP contribution in [0.1, 0.15) is 20.3 Å². The van der Waals surface area contributed by atoms with E-state index in [4.69, 9.17) is 4.74 Å². The fourth-order valence-electron chi connectivity index (χ4n) is 1.75. The van der Waals surface area contributed by atoms with Crippen molar-refractivity contribution in [2.45, 2.75) is 26.5 Å². The van der Waals surface area contributed by atoms with E-state index in [0.717, 1.165) is 0 Å². The van der Waals surface area contributed by atoms with Gasteiger partial charge in [0.25, 0.3) is 5.91 Å². The average molecular weight is 302 g/mol. The van der Waals surface area contributed by atoms with Crippen molar-refractivity contribution in [1.29, 1.82) is 0 Å². The van der Waals surface area contributed by atoms with Crippen LogP contribution in [0.25, 0.3) is 0 Å².